The van der Waals surface area contributed by atoms with Crippen molar-refractivity contribution < 1.29 is 57.0 Å². The van der Waals surface area contributed by atoms with E-state index in [2.05, 4.69) is 4.18 Å². The molecule has 7 heteroatoms. The fourth-order valence-corrected chi connectivity index (χ4v) is 5.22. The Labute approximate surface area is 176 Å². The third kappa shape index (κ3) is 3.32. The molecule has 0 amide bonds. The third-order valence-electron chi connectivity index (χ3n) is 6.11. The molecule has 0 aliphatic heterocycles. The Kier molecular flexibility index (Phi) is 3.89. The molecule has 3 aliphatic carbocycles. The summed E-state index contributed by atoms with van der Waals surface area (Å²) in [7, 11) is -5.08. The fourth-order valence-electron chi connectivity index (χ4n) is 4.93. The van der Waals surface area contributed by atoms with Crippen LogP contribution in [0.3, 0.4) is 0 Å². The number of Topliss-reactive ketones (excluding diaryl/α,β-unsaturated/α-hetero) is 1. The van der Waals surface area contributed by atoms with Crippen LogP contribution < -0.4 is 33.7 Å². The van der Waals surface area contributed by atoms with Gasteiger partial charge in [0.05, 0.1) is 2.74 Å². The second-order valence-corrected chi connectivity index (χ2v) is 8.23. The second kappa shape index (κ2) is 6.64. The zero-order valence-electron chi connectivity index (χ0n) is 18.3. The predicted molar refractivity (Wildman–Crippen MR) is 86.4 cm³/mol. The van der Waals surface area contributed by atoms with E-state index in [1.54, 1.807) is 0 Å². The molecule has 0 saturated heterocycles. The molecule has 3 aliphatic rings. The minimum absolute atomic E-state index is 0. The zero-order valence-corrected chi connectivity index (χ0v) is 17.1. The van der Waals surface area contributed by atoms with E-state index >= 15 is 0 Å². The maximum Gasteiger partial charge on any atom is 1.00 e. The normalized spacial score (nSPS) is 38.0. The number of hydrogen-bond donors (Lipinski definition) is 0. The Bertz CT molecular complexity index is 983. The SMILES string of the molecule is [2H]c1cc2c(c([2H])c1OS(=O)(=O)[O-])CC[C@@H]1[C@@H]2CC[C@]2(C)C(=O)C([2H])([2H])C[C@@H]12.[Na+]. The van der Waals surface area contributed by atoms with Crippen LogP contribution in [0.4, 0.5) is 0 Å². The molecule has 0 radical (unpaired) electrons. The van der Waals surface area contributed by atoms with Crippen molar-refractivity contribution in [3.8, 4) is 5.75 Å². The smallest absolute Gasteiger partial charge is 0.716 e. The number of rotatable bonds is 2. The van der Waals surface area contributed by atoms with E-state index in [1.165, 1.54) is 6.07 Å². The average molecular weight is 376 g/mol. The summed E-state index contributed by atoms with van der Waals surface area (Å²) in [6.07, 6.45) is 0.643. The molecular formula is C18H21NaO5S. The van der Waals surface area contributed by atoms with Crippen LogP contribution >= 0.6 is 0 Å². The van der Waals surface area contributed by atoms with Crippen molar-refractivity contribution >= 4 is 16.2 Å². The second-order valence-electron chi connectivity index (χ2n) is 7.25. The van der Waals surface area contributed by atoms with Crippen molar-refractivity contribution in [3.63, 3.8) is 0 Å². The molecule has 0 unspecified atom stereocenters. The first-order valence-electron chi connectivity index (χ1n) is 10.2. The van der Waals surface area contributed by atoms with Crippen LogP contribution in [-0.4, -0.2) is 18.8 Å². The van der Waals surface area contributed by atoms with Crippen LogP contribution in [0.1, 0.15) is 61.5 Å². The third-order valence-corrected chi connectivity index (χ3v) is 6.48. The first kappa shape index (κ1) is 14.6. The number of carbonyl (C=O) groups excluding carboxylic acids is 1. The van der Waals surface area contributed by atoms with Gasteiger partial charge in [-0.2, -0.15) is 0 Å². The number of benzene rings is 1. The molecule has 0 bridgehead atoms. The van der Waals surface area contributed by atoms with Crippen molar-refractivity contribution in [2.75, 3.05) is 0 Å². The molecule has 0 aromatic heterocycles. The number of hydrogen-bond acceptors (Lipinski definition) is 5. The molecular weight excluding hydrogens is 351 g/mol. The predicted octanol–water partition coefficient (Wildman–Crippen LogP) is -0.0452. The first-order chi connectivity index (χ1) is 12.8. The molecule has 5 nitrogen and oxygen atoms in total. The van der Waals surface area contributed by atoms with Gasteiger partial charge in [-0.05, 0) is 73.1 Å². The van der Waals surface area contributed by atoms with Crippen LogP contribution in [0.2, 0.25) is 0 Å². The van der Waals surface area contributed by atoms with Crippen molar-refractivity contribution in [3.05, 3.63) is 29.3 Å². The minimum Gasteiger partial charge on any atom is -0.716 e. The van der Waals surface area contributed by atoms with Crippen molar-refractivity contribution in [2.45, 2.75) is 51.3 Å². The molecule has 2 saturated carbocycles. The Hall–Kier alpha value is -0.400. The standard InChI is InChI=1S/C18H22O5S.Na/c1-18-9-8-14-13-5-3-12(23-24(20,21)22)10-11(13)2-4-15(14)16(18)6-7-17(18)19;/h3,5,10,14-16H,2,4,6-9H2,1H3,(H,20,21,22);/q;+1/p-1/t14-,15-,16+,18+;/m1./s1/i3D,7D2,10D;. The van der Waals surface area contributed by atoms with Crippen molar-refractivity contribution in [1.29, 1.82) is 0 Å². The van der Waals surface area contributed by atoms with Gasteiger partial charge in [0.1, 0.15) is 11.5 Å². The van der Waals surface area contributed by atoms with Crippen molar-refractivity contribution in [1.82, 2.24) is 0 Å². The number of carbonyl (C=O) groups is 1. The van der Waals surface area contributed by atoms with Gasteiger partial charge in [0, 0.05) is 14.5 Å². The van der Waals surface area contributed by atoms with E-state index in [9.17, 15) is 17.8 Å². The summed E-state index contributed by atoms with van der Waals surface area (Å²) in [4.78, 5) is 12.7. The van der Waals surface area contributed by atoms with Crippen molar-refractivity contribution in [2.24, 2.45) is 17.3 Å². The number of fused-ring (bicyclic) bond motifs is 5. The minimum atomic E-state index is -5.08. The molecule has 0 heterocycles. The van der Waals surface area contributed by atoms with Gasteiger partial charge < -0.3 is 8.74 Å². The van der Waals surface area contributed by atoms with Crippen LogP contribution in [0.15, 0.2) is 18.2 Å². The van der Waals surface area contributed by atoms with E-state index < -0.39 is 27.9 Å². The molecule has 25 heavy (non-hydrogen) atoms. The Balaban J connectivity index is 0.00000240. The quantitative estimate of drug-likeness (QED) is 0.411. The molecule has 4 rings (SSSR count). The molecule has 130 valence electrons. The summed E-state index contributed by atoms with van der Waals surface area (Å²) in [5, 5.41) is 0. The maximum atomic E-state index is 12.7. The maximum absolute atomic E-state index is 12.7. The average Bonchev–Trinajstić information content (AvgIpc) is 2.77. The summed E-state index contributed by atoms with van der Waals surface area (Å²) in [6, 6.07) is 0.903. The topological polar surface area (TPSA) is 83.5 Å². The first-order valence-corrected chi connectivity index (χ1v) is 9.52. The van der Waals surface area contributed by atoms with E-state index in [1.807, 2.05) is 6.92 Å². The van der Waals surface area contributed by atoms with Gasteiger partial charge in [0.25, 0.3) is 10.4 Å². The van der Waals surface area contributed by atoms with Crippen LogP contribution in [-0.2, 0) is 21.6 Å². The molecule has 1 aromatic rings. The van der Waals surface area contributed by atoms with E-state index in [0.717, 1.165) is 5.56 Å². The van der Waals surface area contributed by atoms with Crippen LogP contribution in [0.25, 0.3) is 0 Å². The largest absolute Gasteiger partial charge is 1.00 e. The van der Waals surface area contributed by atoms with Gasteiger partial charge in [0.15, 0.2) is 0 Å². The van der Waals surface area contributed by atoms with Gasteiger partial charge in [-0.15, -0.1) is 0 Å². The fraction of sp³-hybridized carbons (Fsp3) is 0.611. The summed E-state index contributed by atoms with van der Waals surface area (Å²) in [6.45, 7) is 1.86. The summed E-state index contributed by atoms with van der Waals surface area (Å²) >= 11 is 0. The Morgan fingerprint density at radius 1 is 1.40 bits per heavy atom. The number of ketones is 1. The summed E-state index contributed by atoms with van der Waals surface area (Å²) in [5.74, 6) is -0.902. The summed E-state index contributed by atoms with van der Waals surface area (Å²) < 4.78 is 69.7. The van der Waals surface area contributed by atoms with Crippen LogP contribution in [0, 0.1) is 17.3 Å². The van der Waals surface area contributed by atoms with Crippen LogP contribution in [0.5, 0.6) is 5.75 Å². The van der Waals surface area contributed by atoms with Gasteiger partial charge in [-0.1, -0.05) is 13.0 Å². The monoisotopic (exact) mass is 376 g/mol. The van der Waals surface area contributed by atoms with Gasteiger partial charge in [-0.3, -0.25) is 4.79 Å². The van der Waals surface area contributed by atoms with Gasteiger partial charge >= 0.3 is 29.6 Å². The molecule has 0 spiro atoms. The van der Waals surface area contributed by atoms with Gasteiger partial charge in [-0.25, -0.2) is 8.42 Å². The van der Waals surface area contributed by atoms with E-state index in [-0.39, 0.29) is 71.6 Å². The van der Waals surface area contributed by atoms with Gasteiger partial charge in [0.2, 0.25) is 0 Å². The summed E-state index contributed by atoms with van der Waals surface area (Å²) in [5.41, 5.74) is 0.658. The molecule has 2 fully saturated rings. The Morgan fingerprint density at radius 3 is 2.88 bits per heavy atom. The molecule has 0 N–H and O–H groups in total. The van der Waals surface area contributed by atoms with E-state index in [0.29, 0.717) is 31.2 Å². The molecule has 1 aromatic carbocycles. The zero-order chi connectivity index (χ0) is 20.6. The molecule has 4 atom stereocenters. The van der Waals surface area contributed by atoms with E-state index in [4.69, 9.17) is 5.48 Å². The Morgan fingerprint density at radius 2 is 2.16 bits per heavy atom.